The molecule has 3 aromatic heterocycles. The molecule has 1 aliphatic carbocycles. The zero-order valence-corrected chi connectivity index (χ0v) is 29.0. The Bertz CT molecular complexity index is 1940. The van der Waals surface area contributed by atoms with Crippen molar-refractivity contribution in [1.29, 1.82) is 0 Å². The van der Waals surface area contributed by atoms with Gasteiger partial charge >= 0.3 is 6.03 Å². The summed E-state index contributed by atoms with van der Waals surface area (Å²) in [6, 6.07) is 21.2. The summed E-state index contributed by atoms with van der Waals surface area (Å²) < 4.78 is 7.96. The van der Waals surface area contributed by atoms with Crippen LogP contribution in [0.4, 0.5) is 16.2 Å². The summed E-state index contributed by atoms with van der Waals surface area (Å²) in [7, 11) is 0. The first-order valence-electron chi connectivity index (χ1n) is 17.6. The Labute approximate surface area is 289 Å². The van der Waals surface area contributed by atoms with Crippen molar-refractivity contribution in [2.45, 2.75) is 84.6 Å². The number of para-hydroxylation sites is 1. The number of hydrogen-bond donors (Lipinski definition) is 2. The molecule has 0 aliphatic heterocycles. The van der Waals surface area contributed by atoms with Gasteiger partial charge in [-0.05, 0) is 83.2 Å². The number of nitrogens with one attached hydrogen (secondary N) is 2. The first kappa shape index (κ1) is 33.9. The molecule has 2 N–H and O–H groups in total. The van der Waals surface area contributed by atoms with E-state index in [4.69, 9.17) is 9.72 Å². The third kappa shape index (κ3) is 7.85. The van der Waals surface area contributed by atoms with Crippen LogP contribution in [0.15, 0.2) is 90.1 Å². The number of carbonyl (C=O) groups is 1. The number of carbonyl (C=O) groups excluding carboxylic acids is 1. The van der Waals surface area contributed by atoms with Crippen molar-refractivity contribution in [3.63, 3.8) is 0 Å². The quantitative estimate of drug-likeness (QED) is 0.147. The molecule has 0 spiro atoms. The van der Waals surface area contributed by atoms with Crippen LogP contribution >= 0.6 is 0 Å². The van der Waals surface area contributed by atoms with Crippen LogP contribution in [-0.4, -0.2) is 27.2 Å². The fraction of sp³-hybridized carbons (Fsp3) is 0.366. The summed E-state index contributed by atoms with van der Waals surface area (Å²) in [4.78, 5) is 37.6. The standard InChI is InChI=1S/C41H47N5O3/c1-27(2)33-17-9-18-34(28(3)4)37(33)44-41(48)45-38-36(31-15-8-16-32(24-31)49-23-20-29-14-10-21-42-25-29)35-19-11-22-43-39(35)46(40(38)47)26-30-12-6-5-7-13-30/h8-11,14-19,21-22,24-25,27-28,30H,5-7,12-13,20,23,26H2,1-4H3,(H2,44,45,48). The zero-order chi connectivity index (χ0) is 34.3. The van der Waals surface area contributed by atoms with Gasteiger partial charge in [-0.3, -0.25) is 14.3 Å². The second kappa shape index (κ2) is 15.5. The van der Waals surface area contributed by atoms with E-state index in [2.05, 4.69) is 55.4 Å². The third-order valence-corrected chi connectivity index (χ3v) is 9.54. The summed E-state index contributed by atoms with van der Waals surface area (Å²) in [5, 5.41) is 7.01. The van der Waals surface area contributed by atoms with Crippen LogP contribution in [-0.2, 0) is 13.0 Å². The number of aromatic nitrogens is 3. The van der Waals surface area contributed by atoms with Gasteiger partial charge in [-0.2, -0.15) is 0 Å². The average molecular weight is 658 g/mol. The van der Waals surface area contributed by atoms with Crippen molar-refractivity contribution in [1.82, 2.24) is 14.5 Å². The average Bonchev–Trinajstić information content (AvgIpc) is 3.11. The molecule has 1 saturated carbocycles. The van der Waals surface area contributed by atoms with E-state index in [1.807, 2.05) is 60.8 Å². The van der Waals surface area contributed by atoms with Crippen molar-refractivity contribution in [2.75, 3.05) is 17.2 Å². The van der Waals surface area contributed by atoms with Crippen molar-refractivity contribution in [3.05, 3.63) is 112 Å². The van der Waals surface area contributed by atoms with E-state index >= 15 is 0 Å². The Morgan fingerprint density at radius 3 is 2.31 bits per heavy atom. The predicted octanol–water partition coefficient (Wildman–Crippen LogP) is 9.55. The van der Waals surface area contributed by atoms with Gasteiger partial charge in [-0.1, -0.05) is 83.4 Å². The largest absolute Gasteiger partial charge is 0.493 e. The monoisotopic (exact) mass is 657 g/mol. The van der Waals surface area contributed by atoms with Crippen molar-refractivity contribution in [3.8, 4) is 16.9 Å². The molecule has 1 aliphatic rings. The smallest absolute Gasteiger partial charge is 0.323 e. The zero-order valence-electron chi connectivity index (χ0n) is 29.0. The summed E-state index contributed by atoms with van der Waals surface area (Å²) in [5.74, 6) is 1.45. The minimum atomic E-state index is -0.454. The molecule has 254 valence electrons. The minimum absolute atomic E-state index is 0.199. The highest BCUT2D eigenvalue weighted by Crippen LogP contribution is 2.37. The van der Waals surface area contributed by atoms with Gasteiger partial charge in [-0.25, -0.2) is 9.78 Å². The van der Waals surface area contributed by atoms with Crippen LogP contribution in [0.1, 0.15) is 88.3 Å². The van der Waals surface area contributed by atoms with Crippen molar-refractivity contribution in [2.24, 2.45) is 5.92 Å². The Hall–Kier alpha value is -4.98. The summed E-state index contributed by atoms with van der Waals surface area (Å²) in [6.45, 7) is 9.51. The maximum Gasteiger partial charge on any atom is 0.323 e. The van der Waals surface area contributed by atoms with E-state index in [1.54, 1.807) is 17.0 Å². The summed E-state index contributed by atoms with van der Waals surface area (Å²) >= 11 is 0. The molecule has 0 atom stereocenters. The van der Waals surface area contributed by atoms with E-state index in [0.29, 0.717) is 42.5 Å². The topological polar surface area (TPSA) is 98.1 Å². The molecule has 3 heterocycles. The first-order valence-corrected chi connectivity index (χ1v) is 17.6. The molecule has 0 unspecified atom stereocenters. The predicted molar refractivity (Wildman–Crippen MR) is 199 cm³/mol. The molecule has 5 aromatic rings. The molecule has 49 heavy (non-hydrogen) atoms. The molecule has 0 bridgehead atoms. The maximum absolute atomic E-state index is 14.6. The number of pyridine rings is 3. The molecule has 0 radical (unpaired) electrons. The Kier molecular flexibility index (Phi) is 10.7. The van der Waals surface area contributed by atoms with Crippen LogP contribution < -0.4 is 20.9 Å². The fourth-order valence-electron chi connectivity index (χ4n) is 7.02. The summed E-state index contributed by atoms with van der Waals surface area (Å²) in [6.07, 6.45) is 11.8. The lowest BCUT2D eigenvalue weighted by Crippen LogP contribution is -2.32. The highest BCUT2D eigenvalue weighted by molar-refractivity contribution is 6.07. The van der Waals surface area contributed by atoms with Gasteiger partial charge in [0.15, 0.2) is 0 Å². The molecule has 8 heteroatoms. The normalized spacial score (nSPS) is 13.6. The van der Waals surface area contributed by atoms with E-state index in [1.165, 1.54) is 6.42 Å². The number of nitrogens with zero attached hydrogens (tertiary/aromatic N) is 3. The highest BCUT2D eigenvalue weighted by Gasteiger charge is 2.25. The van der Waals surface area contributed by atoms with Gasteiger partial charge < -0.3 is 15.4 Å². The van der Waals surface area contributed by atoms with Crippen LogP contribution in [0.25, 0.3) is 22.2 Å². The molecular formula is C41H47N5O3. The third-order valence-electron chi connectivity index (χ3n) is 9.54. The number of benzene rings is 2. The van der Waals surface area contributed by atoms with Gasteiger partial charge in [0.25, 0.3) is 5.56 Å². The van der Waals surface area contributed by atoms with Gasteiger partial charge in [0.05, 0.1) is 6.61 Å². The van der Waals surface area contributed by atoms with Crippen LogP contribution in [0, 0.1) is 5.92 Å². The van der Waals surface area contributed by atoms with E-state index in [-0.39, 0.29) is 23.1 Å². The molecule has 1 fully saturated rings. The number of anilines is 2. The number of fused-ring (bicyclic) bond motifs is 1. The number of amides is 2. The lowest BCUT2D eigenvalue weighted by atomic mass is 9.89. The number of rotatable bonds is 11. The summed E-state index contributed by atoms with van der Waals surface area (Å²) in [5.41, 5.74) is 5.97. The lowest BCUT2D eigenvalue weighted by molar-refractivity contribution is 0.262. The van der Waals surface area contributed by atoms with Gasteiger partial charge in [0, 0.05) is 48.2 Å². The fourth-order valence-corrected chi connectivity index (χ4v) is 7.02. The lowest BCUT2D eigenvalue weighted by Gasteiger charge is -2.25. The number of hydrogen-bond acceptors (Lipinski definition) is 5. The van der Waals surface area contributed by atoms with Crippen molar-refractivity contribution < 1.29 is 9.53 Å². The Morgan fingerprint density at radius 2 is 1.59 bits per heavy atom. The van der Waals surface area contributed by atoms with Gasteiger partial charge in [-0.15, -0.1) is 0 Å². The van der Waals surface area contributed by atoms with Gasteiger partial charge in [0.2, 0.25) is 0 Å². The Morgan fingerprint density at radius 1 is 0.878 bits per heavy atom. The van der Waals surface area contributed by atoms with Gasteiger partial charge in [0.1, 0.15) is 17.1 Å². The Balaban J connectivity index is 1.42. The molecule has 2 amide bonds. The maximum atomic E-state index is 14.6. The number of urea groups is 1. The number of ether oxygens (including phenoxy) is 1. The van der Waals surface area contributed by atoms with Crippen LogP contribution in [0.2, 0.25) is 0 Å². The van der Waals surface area contributed by atoms with E-state index in [0.717, 1.165) is 59.0 Å². The van der Waals surface area contributed by atoms with Crippen molar-refractivity contribution >= 4 is 28.4 Å². The van der Waals surface area contributed by atoms with Crippen LogP contribution in [0.3, 0.4) is 0 Å². The molecule has 6 rings (SSSR count). The van der Waals surface area contributed by atoms with E-state index < -0.39 is 6.03 Å². The van der Waals surface area contributed by atoms with E-state index in [9.17, 15) is 9.59 Å². The van der Waals surface area contributed by atoms with Crippen LogP contribution in [0.5, 0.6) is 5.75 Å². The second-order valence-electron chi connectivity index (χ2n) is 13.7. The molecular weight excluding hydrogens is 610 g/mol. The molecule has 2 aromatic carbocycles. The second-order valence-corrected chi connectivity index (χ2v) is 13.7. The minimum Gasteiger partial charge on any atom is -0.493 e. The SMILES string of the molecule is CC(C)c1cccc(C(C)C)c1NC(=O)Nc1c(-c2cccc(OCCc3cccnc3)c2)c2cccnc2n(CC2CCCCC2)c1=O. The molecule has 0 saturated heterocycles. The first-order chi connectivity index (χ1) is 23.8. The highest BCUT2D eigenvalue weighted by atomic mass is 16.5. The molecule has 8 nitrogen and oxygen atoms in total.